The topological polar surface area (TPSA) is 136 Å². The zero-order valence-electron chi connectivity index (χ0n) is 9.10. The van der Waals surface area contributed by atoms with Gasteiger partial charge in [0.05, 0.1) is 6.42 Å². The Morgan fingerprint density at radius 3 is 2.25 bits per heavy atom. The summed E-state index contributed by atoms with van der Waals surface area (Å²) in [5.74, 6) is -2.58. The maximum atomic E-state index is 11.3. The smallest absolute Gasteiger partial charge is 0.326 e. The molecule has 0 rings (SSSR count). The first-order chi connectivity index (χ1) is 7.36. The van der Waals surface area contributed by atoms with Crippen molar-refractivity contribution in [2.75, 3.05) is 0 Å². The van der Waals surface area contributed by atoms with Crippen LogP contribution in [0.3, 0.4) is 0 Å². The maximum Gasteiger partial charge on any atom is 0.326 e. The SMILES string of the molecule is CCC(N)CC(=O)N[C@H](CC(N)=O)C(=O)O. The number of carboxylic acid groups (broad SMARTS) is 1. The fourth-order valence-corrected chi connectivity index (χ4v) is 1.04. The van der Waals surface area contributed by atoms with Crippen molar-refractivity contribution in [2.24, 2.45) is 11.5 Å². The Kier molecular flexibility index (Phi) is 6.09. The van der Waals surface area contributed by atoms with Crippen LogP contribution in [0.15, 0.2) is 0 Å². The molecule has 0 aliphatic carbocycles. The van der Waals surface area contributed by atoms with Crippen LogP contribution in [0.5, 0.6) is 0 Å². The van der Waals surface area contributed by atoms with Gasteiger partial charge in [-0.3, -0.25) is 9.59 Å². The summed E-state index contributed by atoms with van der Waals surface area (Å²) in [6.45, 7) is 1.82. The Labute approximate surface area is 93.2 Å². The number of hydrogen-bond acceptors (Lipinski definition) is 4. The molecule has 0 radical (unpaired) electrons. The van der Waals surface area contributed by atoms with Crippen molar-refractivity contribution in [1.82, 2.24) is 5.32 Å². The Balaban J connectivity index is 4.24. The van der Waals surface area contributed by atoms with Crippen LogP contribution in [0.1, 0.15) is 26.2 Å². The van der Waals surface area contributed by atoms with Gasteiger partial charge in [0.25, 0.3) is 0 Å². The minimum atomic E-state index is -1.29. The van der Waals surface area contributed by atoms with E-state index >= 15 is 0 Å². The summed E-state index contributed by atoms with van der Waals surface area (Å²) in [5.41, 5.74) is 10.4. The number of amides is 2. The van der Waals surface area contributed by atoms with Gasteiger partial charge in [-0.05, 0) is 6.42 Å². The molecule has 7 heteroatoms. The van der Waals surface area contributed by atoms with E-state index in [4.69, 9.17) is 16.6 Å². The van der Waals surface area contributed by atoms with Gasteiger partial charge in [0.2, 0.25) is 11.8 Å². The standard InChI is InChI=1S/C9H17N3O4/c1-2-5(10)3-8(14)12-6(9(15)16)4-7(11)13/h5-6H,2-4,10H2,1H3,(H2,11,13)(H,12,14)(H,15,16)/t5?,6-/m1/s1. The van der Waals surface area contributed by atoms with Gasteiger partial charge in [0.15, 0.2) is 0 Å². The molecular weight excluding hydrogens is 214 g/mol. The van der Waals surface area contributed by atoms with Crippen LogP contribution < -0.4 is 16.8 Å². The molecule has 0 aromatic carbocycles. The number of nitrogens with two attached hydrogens (primary N) is 2. The van der Waals surface area contributed by atoms with E-state index in [0.29, 0.717) is 6.42 Å². The predicted molar refractivity (Wildman–Crippen MR) is 56.3 cm³/mol. The Morgan fingerprint density at radius 2 is 1.88 bits per heavy atom. The lowest BCUT2D eigenvalue weighted by molar-refractivity contribution is -0.143. The van der Waals surface area contributed by atoms with Gasteiger partial charge in [0.1, 0.15) is 6.04 Å². The quantitative estimate of drug-likeness (QED) is 0.425. The summed E-state index contributed by atoms with van der Waals surface area (Å²) < 4.78 is 0. The molecule has 2 atom stereocenters. The number of hydrogen-bond donors (Lipinski definition) is 4. The summed E-state index contributed by atoms with van der Waals surface area (Å²) in [6, 6.07) is -1.60. The zero-order chi connectivity index (χ0) is 12.7. The summed E-state index contributed by atoms with van der Waals surface area (Å²) in [6.07, 6.45) is 0.211. The first-order valence-electron chi connectivity index (χ1n) is 4.92. The minimum Gasteiger partial charge on any atom is -0.480 e. The number of aliphatic carboxylic acids is 1. The minimum absolute atomic E-state index is 0.0268. The summed E-state index contributed by atoms with van der Waals surface area (Å²) in [4.78, 5) is 32.5. The van der Waals surface area contributed by atoms with Crippen LogP contribution in [0.25, 0.3) is 0 Å². The number of rotatable bonds is 7. The molecule has 7 nitrogen and oxygen atoms in total. The average Bonchev–Trinajstić information content (AvgIpc) is 2.15. The van der Waals surface area contributed by atoms with Crippen molar-refractivity contribution in [3.8, 4) is 0 Å². The zero-order valence-corrected chi connectivity index (χ0v) is 9.10. The van der Waals surface area contributed by atoms with Crippen molar-refractivity contribution in [1.29, 1.82) is 0 Å². The van der Waals surface area contributed by atoms with E-state index in [1.165, 1.54) is 0 Å². The molecule has 92 valence electrons. The first-order valence-corrected chi connectivity index (χ1v) is 4.92. The number of carbonyl (C=O) groups is 3. The number of primary amides is 1. The Hall–Kier alpha value is -1.63. The fourth-order valence-electron chi connectivity index (χ4n) is 1.04. The van der Waals surface area contributed by atoms with E-state index in [1.54, 1.807) is 0 Å². The molecular formula is C9H17N3O4. The third kappa shape index (κ3) is 5.97. The molecule has 0 spiro atoms. The van der Waals surface area contributed by atoms with Crippen LogP contribution >= 0.6 is 0 Å². The highest BCUT2D eigenvalue weighted by atomic mass is 16.4. The van der Waals surface area contributed by atoms with Crippen LogP contribution in [-0.2, 0) is 14.4 Å². The van der Waals surface area contributed by atoms with Gasteiger partial charge >= 0.3 is 5.97 Å². The van der Waals surface area contributed by atoms with Gasteiger partial charge in [-0.1, -0.05) is 6.92 Å². The molecule has 0 aliphatic heterocycles. The molecule has 0 bridgehead atoms. The molecule has 0 saturated carbocycles. The second kappa shape index (κ2) is 6.78. The normalized spacial score (nSPS) is 13.9. The molecule has 0 saturated heterocycles. The third-order valence-electron chi connectivity index (χ3n) is 2.01. The molecule has 6 N–H and O–H groups in total. The van der Waals surface area contributed by atoms with E-state index in [0.717, 1.165) is 0 Å². The van der Waals surface area contributed by atoms with Crippen LogP contribution in [0.4, 0.5) is 0 Å². The van der Waals surface area contributed by atoms with E-state index < -0.39 is 30.2 Å². The van der Waals surface area contributed by atoms with Crippen molar-refractivity contribution in [3.05, 3.63) is 0 Å². The second-order valence-electron chi connectivity index (χ2n) is 3.50. The highest BCUT2D eigenvalue weighted by molar-refractivity contribution is 5.88. The van der Waals surface area contributed by atoms with E-state index in [1.807, 2.05) is 6.92 Å². The lowest BCUT2D eigenvalue weighted by Crippen LogP contribution is -2.44. The molecule has 0 aromatic rings. The Morgan fingerprint density at radius 1 is 1.31 bits per heavy atom. The molecule has 16 heavy (non-hydrogen) atoms. The van der Waals surface area contributed by atoms with E-state index in [2.05, 4.69) is 5.32 Å². The molecule has 0 aliphatic rings. The largest absolute Gasteiger partial charge is 0.480 e. The van der Waals surface area contributed by atoms with Gasteiger partial charge in [-0.25, -0.2) is 4.79 Å². The third-order valence-corrected chi connectivity index (χ3v) is 2.01. The molecule has 0 fully saturated rings. The van der Waals surface area contributed by atoms with Crippen molar-refractivity contribution < 1.29 is 19.5 Å². The molecule has 1 unspecified atom stereocenters. The monoisotopic (exact) mass is 231 g/mol. The summed E-state index contributed by atoms with van der Waals surface area (Å²) in [7, 11) is 0. The number of carboxylic acids is 1. The lowest BCUT2D eigenvalue weighted by Gasteiger charge is -2.14. The lowest BCUT2D eigenvalue weighted by atomic mass is 10.1. The number of carbonyl (C=O) groups excluding carboxylic acids is 2. The Bertz CT molecular complexity index is 280. The summed E-state index contributed by atoms with van der Waals surface area (Å²) in [5, 5.41) is 10.9. The summed E-state index contributed by atoms with van der Waals surface area (Å²) >= 11 is 0. The van der Waals surface area contributed by atoms with Crippen molar-refractivity contribution in [3.63, 3.8) is 0 Å². The van der Waals surface area contributed by atoms with Gasteiger partial charge in [-0.15, -0.1) is 0 Å². The average molecular weight is 231 g/mol. The highest BCUT2D eigenvalue weighted by Crippen LogP contribution is 1.97. The predicted octanol–water partition coefficient (Wildman–Crippen LogP) is -1.44. The first kappa shape index (κ1) is 14.4. The molecule has 2 amide bonds. The van der Waals surface area contributed by atoms with Crippen molar-refractivity contribution in [2.45, 2.75) is 38.3 Å². The number of nitrogens with one attached hydrogen (secondary N) is 1. The maximum absolute atomic E-state index is 11.3. The van der Waals surface area contributed by atoms with Gasteiger partial charge in [0, 0.05) is 12.5 Å². The van der Waals surface area contributed by atoms with Gasteiger partial charge in [-0.2, -0.15) is 0 Å². The molecule has 0 aromatic heterocycles. The fraction of sp³-hybridized carbons (Fsp3) is 0.667. The van der Waals surface area contributed by atoms with Crippen molar-refractivity contribution >= 4 is 17.8 Å². The van der Waals surface area contributed by atoms with E-state index in [-0.39, 0.29) is 12.5 Å². The van der Waals surface area contributed by atoms with E-state index in [9.17, 15) is 14.4 Å². The second-order valence-corrected chi connectivity index (χ2v) is 3.50. The molecule has 0 heterocycles. The highest BCUT2D eigenvalue weighted by Gasteiger charge is 2.22. The van der Waals surface area contributed by atoms with Gasteiger partial charge < -0.3 is 21.9 Å². The van der Waals surface area contributed by atoms with Crippen LogP contribution in [-0.4, -0.2) is 35.0 Å². The van der Waals surface area contributed by atoms with Crippen LogP contribution in [0, 0.1) is 0 Å². The van der Waals surface area contributed by atoms with Crippen LogP contribution in [0.2, 0.25) is 0 Å².